The lowest BCUT2D eigenvalue weighted by Crippen LogP contribution is -2.37. The van der Waals surface area contributed by atoms with Gasteiger partial charge in [-0.1, -0.05) is 34.1 Å². The molecule has 0 saturated carbocycles. The number of rotatable bonds is 7. The van der Waals surface area contributed by atoms with Crippen LogP contribution in [0.25, 0.3) is 0 Å². The summed E-state index contributed by atoms with van der Waals surface area (Å²) in [5.41, 5.74) is -0.397. The Hall–Kier alpha value is -0.630. The van der Waals surface area contributed by atoms with Crippen LogP contribution in [0, 0.1) is 0 Å². The molecule has 0 heterocycles. The molecule has 1 rings (SSSR count). The van der Waals surface area contributed by atoms with Gasteiger partial charge in [0, 0.05) is 16.5 Å². The Morgan fingerprint density at radius 3 is 2.20 bits per heavy atom. The van der Waals surface area contributed by atoms with Crippen LogP contribution in [-0.2, 0) is 10.2 Å². The first kappa shape index (κ1) is 17.4. The molecule has 20 heavy (non-hydrogen) atoms. The Morgan fingerprint density at radius 1 is 1.10 bits per heavy atom. The first-order valence-electron chi connectivity index (χ1n) is 5.96. The second-order valence-electron chi connectivity index (χ2n) is 4.49. The molecule has 7 heteroatoms. The lowest BCUT2D eigenvalue weighted by atomic mass is 9.79. The van der Waals surface area contributed by atoms with Gasteiger partial charge in [0.15, 0.2) is 0 Å². The third-order valence-corrected chi connectivity index (χ3v) is 3.73. The molecule has 0 fully saturated rings. The first-order chi connectivity index (χ1) is 9.34. The van der Waals surface area contributed by atoms with Crippen molar-refractivity contribution in [1.82, 2.24) is 0 Å². The molecule has 0 aromatic heterocycles. The van der Waals surface area contributed by atoms with Crippen molar-refractivity contribution in [3.63, 3.8) is 0 Å². The SMILES string of the molecule is OCC(CO)(CCOCC(F)(F)F)c1ccccc1Br. The van der Waals surface area contributed by atoms with E-state index in [2.05, 4.69) is 20.7 Å². The van der Waals surface area contributed by atoms with Gasteiger partial charge in [-0.15, -0.1) is 0 Å². The van der Waals surface area contributed by atoms with Crippen molar-refractivity contribution in [2.24, 2.45) is 0 Å². The lowest BCUT2D eigenvalue weighted by Gasteiger charge is -2.31. The summed E-state index contributed by atoms with van der Waals surface area (Å²) in [5, 5.41) is 19.1. The highest BCUT2D eigenvalue weighted by Gasteiger charge is 2.33. The van der Waals surface area contributed by atoms with E-state index in [-0.39, 0.29) is 26.2 Å². The highest BCUT2D eigenvalue weighted by atomic mass is 79.9. The minimum absolute atomic E-state index is 0.0820. The van der Waals surface area contributed by atoms with Crippen LogP contribution < -0.4 is 0 Å². The number of ether oxygens (including phenoxy) is 1. The van der Waals surface area contributed by atoms with Crippen LogP contribution in [0.3, 0.4) is 0 Å². The third kappa shape index (κ3) is 4.73. The van der Waals surface area contributed by atoms with Gasteiger partial charge in [-0.05, 0) is 18.1 Å². The van der Waals surface area contributed by atoms with Crippen molar-refractivity contribution in [2.75, 3.05) is 26.4 Å². The largest absolute Gasteiger partial charge is 0.411 e. The smallest absolute Gasteiger partial charge is 0.395 e. The third-order valence-electron chi connectivity index (χ3n) is 3.04. The van der Waals surface area contributed by atoms with Crippen LogP contribution in [0.1, 0.15) is 12.0 Å². The quantitative estimate of drug-likeness (QED) is 0.738. The fourth-order valence-corrected chi connectivity index (χ4v) is 2.57. The highest BCUT2D eigenvalue weighted by Crippen LogP contribution is 2.33. The minimum atomic E-state index is -4.38. The van der Waals surface area contributed by atoms with Gasteiger partial charge in [-0.25, -0.2) is 0 Å². The van der Waals surface area contributed by atoms with Crippen molar-refractivity contribution in [2.45, 2.75) is 18.0 Å². The van der Waals surface area contributed by atoms with Crippen molar-refractivity contribution in [3.05, 3.63) is 34.3 Å². The molecule has 3 nitrogen and oxygen atoms in total. The van der Waals surface area contributed by atoms with Crippen molar-refractivity contribution >= 4 is 15.9 Å². The molecule has 114 valence electrons. The molecule has 0 aliphatic carbocycles. The summed E-state index contributed by atoms with van der Waals surface area (Å²) >= 11 is 3.31. The molecule has 1 aromatic carbocycles. The second-order valence-corrected chi connectivity index (χ2v) is 5.35. The van der Waals surface area contributed by atoms with Gasteiger partial charge in [0.1, 0.15) is 6.61 Å². The van der Waals surface area contributed by atoms with E-state index < -0.39 is 18.2 Å². The number of hydrogen-bond acceptors (Lipinski definition) is 3. The summed E-state index contributed by atoms with van der Waals surface area (Å²) in [4.78, 5) is 0. The summed E-state index contributed by atoms with van der Waals surface area (Å²) in [7, 11) is 0. The van der Waals surface area contributed by atoms with Gasteiger partial charge in [0.05, 0.1) is 13.2 Å². The van der Waals surface area contributed by atoms with E-state index in [0.29, 0.717) is 10.0 Å². The Balaban J connectivity index is 2.75. The molecule has 0 amide bonds. The topological polar surface area (TPSA) is 49.7 Å². The summed E-state index contributed by atoms with van der Waals surface area (Å²) in [6.07, 6.45) is -4.30. The lowest BCUT2D eigenvalue weighted by molar-refractivity contribution is -0.175. The van der Waals surface area contributed by atoms with E-state index in [0.717, 1.165) is 0 Å². The van der Waals surface area contributed by atoms with Gasteiger partial charge >= 0.3 is 6.18 Å². The van der Waals surface area contributed by atoms with E-state index in [1.54, 1.807) is 24.3 Å². The van der Waals surface area contributed by atoms with Gasteiger partial charge in [-0.2, -0.15) is 13.2 Å². The average molecular weight is 357 g/mol. The normalized spacial score (nSPS) is 12.7. The summed E-state index contributed by atoms with van der Waals surface area (Å²) in [5.74, 6) is 0. The monoisotopic (exact) mass is 356 g/mol. The molecular weight excluding hydrogens is 341 g/mol. The Bertz CT molecular complexity index is 420. The van der Waals surface area contributed by atoms with Crippen molar-refractivity contribution < 1.29 is 28.1 Å². The molecule has 0 saturated heterocycles. The predicted molar refractivity (Wildman–Crippen MR) is 71.5 cm³/mol. The molecule has 0 atom stereocenters. The summed E-state index contributed by atoms with van der Waals surface area (Å²) < 4.78 is 41.2. The van der Waals surface area contributed by atoms with Crippen LogP contribution in [-0.4, -0.2) is 42.8 Å². The maximum absolute atomic E-state index is 12.0. The van der Waals surface area contributed by atoms with Gasteiger partial charge < -0.3 is 14.9 Å². The van der Waals surface area contributed by atoms with E-state index >= 15 is 0 Å². The second kappa shape index (κ2) is 7.40. The summed E-state index contributed by atoms with van der Waals surface area (Å²) in [6, 6.07) is 6.95. The molecular formula is C13H16BrF3O3. The van der Waals surface area contributed by atoms with E-state index in [9.17, 15) is 23.4 Å². The molecule has 0 radical (unpaired) electrons. The molecule has 1 aromatic rings. The Morgan fingerprint density at radius 2 is 1.70 bits per heavy atom. The maximum Gasteiger partial charge on any atom is 0.411 e. The Kier molecular flexibility index (Phi) is 6.44. The van der Waals surface area contributed by atoms with Gasteiger partial charge in [0.2, 0.25) is 0 Å². The summed E-state index contributed by atoms with van der Waals surface area (Å²) in [6.45, 7) is -2.32. The van der Waals surface area contributed by atoms with Crippen LogP contribution in [0.15, 0.2) is 28.7 Å². The van der Waals surface area contributed by atoms with Crippen LogP contribution in [0.5, 0.6) is 0 Å². The zero-order valence-electron chi connectivity index (χ0n) is 10.7. The fourth-order valence-electron chi connectivity index (χ4n) is 1.86. The highest BCUT2D eigenvalue weighted by molar-refractivity contribution is 9.10. The number of aliphatic hydroxyl groups is 2. The van der Waals surface area contributed by atoms with Crippen molar-refractivity contribution in [3.8, 4) is 0 Å². The first-order valence-corrected chi connectivity index (χ1v) is 6.75. The van der Waals surface area contributed by atoms with Crippen LogP contribution >= 0.6 is 15.9 Å². The van der Waals surface area contributed by atoms with E-state index in [1.807, 2.05) is 0 Å². The minimum Gasteiger partial charge on any atom is -0.395 e. The predicted octanol–water partition coefficient (Wildman–Crippen LogP) is 2.64. The van der Waals surface area contributed by atoms with Crippen LogP contribution in [0.4, 0.5) is 13.2 Å². The standard InChI is InChI=1S/C13H16BrF3O3/c14-11-4-2-1-3-10(11)12(7-18,8-19)5-6-20-9-13(15,16)17/h1-4,18-19H,5-9H2. The number of benzene rings is 1. The fraction of sp³-hybridized carbons (Fsp3) is 0.538. The van der Waals surface area contributed by atoms with Gasteiger partial charge in [0.25, 0.3) is 0 Å². The average Bonchev–Trinajstić information content (AvgIpc) is 2.40. The van der Waals surface area contributed by atoms with Crippen LogP contribution in [0.2, 0.25) is 0 Å². The number of hydrogen-bond donors (Lipinski definition) is 2. The number of halogens is 4. The van der Waals surface area contributed by atoms with Gasteiger partial charge in [-0.3, -0.25) is 0 Å². The zero-order valence-corrected chi connectivity index (χ0v) is 12.2. The molecule has 0 unspecified atom stereocenters. The molecule has 2 N–H and O–H groups in total. The van der Waals surface area contributed by atoms with E-state index in [1.165, 1.54) is 0 Å². The molecule has 0 spiro atoms. The van der Waals surface area contributed by atoms with Crippen molar-refractivity contribution in [1.29, 1.82) is 0 Å². The molecule has 0 aliphatic rings. The number of alkyl halides is 3. The molecule has 0 bridgehead atoms. The molecule has 0 aliphatic heterocycles. The Labute approximate surface area is 123 Å². The number of aliphatic hydroxyl groups excluding tert-OH is 2. The maximum atomic E-state index is 12.0. The zero-order chi connectivity index (χ0) is 15.2. The van der Waals surface area contributed by atoms with E-state index in [4.69, 9.17) is 0 Å².